The van der Waals surface area contributed by atoms with E-state index in [4.69, 9.17) is 11.6 Å². The van der Waals surface area contributed by atoms with Gasteiger partial charge in [0, 0.05) is 16.3 Å². The van der Waals surface area contributed by atoms with Gasteiger partial charge in [-0.2, -0.15) is 0 Å². The lowest BCUT2D eigenvalue weighted by Gasteiger charge is -2.23. The average Bonchev–Trinajstić information content (AvgIpc) is 3.27. The molecule has 1 unspecified atom stereocenters. The first-order valence-corrected chi connectivity index (χ1v) is 13.3. The summed E-state index contributed by atoms with van der Waals surface area (Å²) in [6.07, 6.45) is 0.423. The molecule has 1 fully saturated rings. The molecule has 2 aromatic carbocycles. The Balaban J connectivity index is 1.58. The molecule has 168 valence electrons. The van der Waals surface area contributed by atoms with Crippen molar-refractivity contribution in [2.75, 3.05) is 17.3 Å². The van der Waals surface area contributed by atoms with Crippen molar-refractivity contribution >= 4 is 39.1 Å². The van der Waals surface area contributed by atoms with Gasteiger partial charge in [-0.1, -0.05) is 35.5 Å². The van der Waals surface area contributed by atoms with Crippen LogP contribution in [-0.4, -0.2) is 51.9 Å². The van der Waals surface area contributed by atoms with E-state index in [0.29, 0.717) is 22.4 Å². The first kappa shape index (κ1) is 22.8. The smallest absolute Gasteiger partial charge is 0.230 e. The Bertz CT molecular complexity index is 1260. The first-order chi connectivity index (χ1) is 15.1. The van der Waals surface area contributed by atoms with E-state index in [2.05, 4.69) is 15.5 Å². The molecule has 0 aliphatic carbocycles. The minimum absolute atomic E-state index is 0.0312. The third-order valence-electron chi connectivity index (χ3n) is 5.27. The minimum atomic E-state index is -3.10. The normalized spacial score (nSPS) is 19.7. The van der Waals surface area contributed by atoms with E-state index in [1.165, 1.54) is 11.8 Å². The predicted octanol–water partition coefficient (Wildman–Crippen LogP) is 3.68. The summed E-state index contributed by atoms with van der Waals surface area (Å²) in [5, 5.41) is 12.8. The number of amides is 1. The van der Waals surface area contributed by atoms with Crippen LogP contribution in [0.3, 0.4) is 0 Å². The van der Waals surface area contributed by atoms with Crippen molar-refractivity contribution in [1.29, 1.82) is 0 Å². The fourth-order valence-electron chi connectivity index (χ4n) is 3.76. The van der Waals surface area contributed by atoms with Crippen LogP contribution in [0, 0.1) is 6.92 Å². The maximum atomic E-state index is 12.6. The Hall–Kier alpha value is -2.36. The molecular formula is C22H23ClN4O3S2. The SMILES string of the molecule is Cc1cccc(-n2c(SCC(=O)NC3(C)CCS(=O)(=O)C3)nnc2-c2ccc(Cl)cc2)c1. The molecule has 1 amide bonds. The van der Waals surface area contributed by atoms with Crippen molar-refractivity contribution in [3.8, 4) is 17.1 Å². The lowest BCUT2D eigenvalue weighted by atomic mass is 10.0. The van der Waals surface area contributed by atoms with Crippen molar-refractivity contribution in [3.05, 3.63) is 59.1 Å². The van der Waals surface area contributed by atoms with Crippen LogP contribution in [0.2, 0.25) is 5.02 Å². The predicted molar refractivity (Wildman–Crippen MR) is 127 cm³/mol. The number of nitrogens with zero attached hydrogens (tertiary/aromatic N) is 3. The fraction of sp³-hybridized carbons (Fsp3) is 0.318. The molecule has 0 radical (unpaired) electrons. The number of aryl methyl sites for hydroxylation is 1. The maximum absolute atomic E-state index is 12.6. The highest BCUT2D eigenvalue weighted by Gasteiger charge is 2.39. The Morgan fingerprint density at radius 3 is 2.62 bits per heavy atom. The zero-order valence-corrected chi connectivity index (χ0v) is 20.1. The number of hydrogen-bond donors (Lipinski definition) is 1. The number of hydrogen-bond acceptors (Lipinski definition) is 6. The summed E-state index contributed by atoms with van der Waals surface area (Å²) in [5.74, 6) is 0.574. The molecule has 1 aromatic heterocycles. The van der Waals surface area contributed by atoms with Crippen LogP contribution >= 0.6 is 23.4 Å². The Labute approximate surface area is 196 Å². The third kappa shape index (κ3) is 5.16. The number of benzene rings is 2. The van der Waals surface area contributed by atoms with Gasteiger partial charge in [0.1, 0.15) is 0 Å². The van der Waals surface area contributed by atoms with Gasteiger partial charge >= 0.3 is 0 Å². The largest absolute Gasteiger partial charge is 0.349 e. The Morgan fingerprint density at radius 2 is 1.97 bits per heavy atom. The zero-order chi connectivity index (χ0) is 22.9. The van der Waals surface area contributed by atoms with Crippen molar-refractivity contribution in [1.82, 2.24) is 20.1 Å². The fourth-order valence-corrected chi connectivity index (χ4v) is 6.73. The summed E-state index contributed by atoms with van der Waals surface area (Å²) in [6.45, 7) is 3.78. The monoisotopic (exact) mass is 490 g/mol. The van der Waals surface area contributed by atoms with E-state index in [-0.39, 0.29) is 23.2 Å². The standard InChI is InChI=1S/C22H23ClN4O3S2/c1-15-4-3-5-18(12-15)27-20(16-6-8-17(23)9-7-16)25-26-21(27)31-13-19(28)24-22(2)10-11-32(29,30)14-22/h3-9,12H,10-11,13-14H2,1-2H3,(H,24,28). The molecule has 7 nitrogen and oxygen atoms in total. The van der Waals surface area contributed by atoms with Crippen molar-refractivity contribution in [2.45, 2.75) is 31.0 Å². The Kier molecular flexibility index (Phi) is 6.33. The van der Waals surface area contributed by atoms with Crippen LogP contribution in [0.1, 0.15) is 18.9 Å². The van der Waals surface area contributed by atoms with Gasteiger partial charge in [-0.25, -0.2) is 8.42 Å². The second-order valence-electron chi connectivity index (χ2n) is 8.23. The highest BCUT2D eigenvalue weighted by Crippen LogP contribution is 2.29. The number of carbonyl (C=O) groups is 1. The molecule has 32 heavy (non-hydrogen) atoms. The van der Waals surface area contributed by atoms with E-state index in [1.807, 2.05) is 47.9 Å². The summed E-state index contributed by atoms with van der Waals surface area (Å²) in [4.78, 5) is 12.6. The Morgan fingerprint density at radius 1 is 1.22 bits per heavy atom. The molecule has 0 spiro atoms. The van der Waals surface area contributed by atoms with Gasteiger partial charge in [0.05, 0.1) is 22.8 Å². The molecule has 1 saturated heterocycles. The summed E-state index contributed by atoms with van der Waals surface area (Å²) < 4.78 is 25.5. The summed E-state index contributed by atoms with van der Waals surface area (Å²) in [6, 6.07) is 15.3. The molecule has 1 aliphatic heterocycles. The van der Waals surface area contributed by atoms with Gasteiger partial charge in [-0.05, 0) is 62.2 Å². The van der Waals surface area contributed by atoms with Crippen LogP contribution < -0.4 is 5.32 Å². The molecule has 3 aromatic rings. The van der Waals surface area contributed by atoms with Crippen LogP contribution in [0.5, 0.6) is 0 Å². The average molecular weight is 491 g/mol. The molecule has 4 rings (SSSR count). The van der Waals surface area contributed by atoms with Crippen LogP contribution in [0.4, 0.5) is 0 Å². The number of thioether (sulfide) groups is 1. The molecule has 1 N–H and O–H groups in total. The second-order valence-corrected chi connectivity index (χ2v) is 11.8. The molecule has 0 saturated carbocycles. The van der Waals surface area contributed by atoms with Gasteiger partial charge in [-0.3, -0.25) is 9.36 Å². The quantitative estimate of drug-likeness (QED) is 0.530. The van der Waals surface area contributed by atoms with Crippen LogP contribution in [0.25, 0.3) is 17.1 Å². The van der Waals surface area contributed by atoms with Gasteiger partial charge in [0.15, 0.2) is 20.8 Å². The number of nitrogens with one attached hydrogen (secondary N) is 1. The molecule has 0 bridgehead atoms. The van der Waals surface area contributed by atoms with Gasteiger partial charge < -0.3 is 5.32 Å². The minimum Gasteiger partial charge on any atom is -0.349 e. The lowest BCUT2D eigenvalue weighted by molar-refractivity contribution is -0.120. The van der Waals surface area contributed by atoms with E-state index >= 15 is 0 Å². The summed E-state index contributed by atoms with van der Waals surface area (Å²) in [5.41, 5.74) is 2.09. The molecular weight excluding hydrogens is 468 g/mol. The topological polar surface area (TPSA) is 94.0 Å². The van der Waals surface area contributed by atoms with E-state index in [9.17, 15) is 13.2 Å². The lowest BCUT2D eigenvalue weighted by Crippen LogP contribution is -2.47. The third-order valence-corrected chi connectivity index (χ3v) is 8.36. The maximum Gasteiger partial charge on any atom is 0.230 e. The van der Waals surface area contributed by atoms with Crippen LogP contribution in [0.15, 0.2) is 53.7 Å². The molecule has 2 heterocycles. The number of sulfone groups is 1. The van der Waals surface area contributed by atoms with Gasteiger partial charge in [-0.15, -0.1) is 10.2 Å². The van der Waals surface area contributed by atoms with Crippen molar-refractivity contribution in [2.24, 2.45) is 0 Å². The van der Waals surface area contributed by atoms with Crippen LogP contribution in [-0.2, 0) is 14.6 Å². The highest BCUT2D eigenvalue weighted by atomic mass is 35.5. The van der Waals surface area contributed by atoms with E-state index in [0.717, 1.165) is 16.8 Å². The van der Waals surface area contributed by atoms with E-state index < -0.39 is 15.4 Å². The van der Waals surface area contributed by atoms with E-state index in [1.54, 1.807) is 19.1 Å². The van der Waals surface area contributed by atoms with Gasteiger partial charge in [0.25, 0.3) is 0 Å². The zero-order valence-electron chi connectivity index (χ0n) is 17.7. The number of halogens is 1. The van der Waals surface area contributed by atoms with Crippen molar-refractivity contribution < 1.29 is 13.2 Å². The van der Waals surface area contributed by atoms with Crippen molar-refractivity contribution in [3.63, 3.8) is 0 Å². The number of carbonyl (C=O) groups excluding carboxylic acids is 1. The first-order valence-electron chi connectivity index (χ1n) is 10.1. The number of aromatic nitrogens is 3. The summed E-state index contributed by atoms with van der Waals surface area (Å²) >= 11 is 7.29. The second kappa shape index (κ2) is 8.88. The highest BCUT2D eigenvalue weighted by molar-refractivity contribution is 7.99. The van der Waals surface area contributed by atoms with Gasteiger partial charge in [0.2, 0.25) is 5.91 Å². The molecule has 10 heteroatoms. The molecule has 1 atom stereocenters. The molecule has 1 aliphatic rings. The number of rotatable bonds is 6. The summed E-state index contributed by atoms with van der Waals surface area (Å²) in [7, 11) is -3.10.